The fraction of sp³-hybridized carbons (Fsp3) is 0.167. The Kier molecular flexibility index (Phi) is 5.31. The monoisotopic (exact) mass is 439 g/mol. The van der Waals surface area contributed by atoms with E-state index < -0.39 is 17.6 Å². The van der Waals surface area contributed by atoms with E-state index in [1.54, 1.807) is 24.3 Å². The summed E-state index contributed by atoms with van der Waals surface area (Å²) in [6, 6.07) is 10.3. The van der Waals surface area contributed by atoms with Gasteiger partial charge in [-0.25, -0.2) is 4.98 Å². The normalized spacial score (nSPS) is 11.6. The Balaban J connectivity index is 1.71. The molecule has 0 bridgehead atoms. The predicted molar refractivity (Wildman–Crippen MR) is 98.4 cm³/mol. The van der Waals surface area contributed by atoms with Gasteiger partial charge in [0.15, 0.2) is 0 Å². The topological polar surface area (TPSA) is 64.0 Å². The zero-order valence-electron chi connectivity index (χ0n) is 13.8. The minimum atomic E-state index is -4.54. The van der Waals surface area contributed by atoms with Crippen LogP contribution >= 0.6 is 15.9 Å². The molecule has 140 valence electrons. The molecule has 0 radical (unpaired) electrons. The van der Waals surface area contributed by atoms with Gasteiger partial charge in [0, 0.05) is 23.1 Å². The maximum absolute atomic E-state index is 12.9. The van der Waals surface area contributed by atoms with Gasteiger partial charge in [-0.1, -0.05) is 28.1 Å². The molecule has 0 unspecified atom stereocenters. The molecule has 2 aromatic carbocycles. The van der Waals surface area contributed by atoms with Gasteiger partial charge in [0.2, 0.25) is 5.91 Å². The fourth-order valence-electron chi connectivity index (χ4n) is 2.53. The number of hydrogen-bond acceptors (Lipinski definition) is 3. The molecule has 0 aliphatic carbocycles. The van der Waals surface area contributed by atoms with Crippen molar-refractivity contribution in [2.75, 3.05) is 5.32 Å². The third-order valence-electron chi connectivity index (χ3n) is 3.87. The van der Waals surface area contributed by atoms with Crippen LogP contribution in [0.15, 0.2) is 58.1 Å². The Morgan fingerprint density at radius 1 is 1.19 bits per heavy atom. The van der Waals surface area contributed by atoms with Crippen molar-refractivity contribution >= 4 is 38.4 Å². The summed E-state index contributed by atoms with van der Waals surface area (Å²) in [5.74, 6) is -0.509. The van der Waals surface area contributed by atoms with Crippen LogP contribution in [0.2, 0.25) is 0 Å². The summed E-state index contributed by atoms with van der Waals surface area (Å²) in [6.45, 7) is 0.0607. The lowest BCUT2D eigenvalue weighted by atomic mass is 10.2. The van der Waals surface area contributed by atoms with E-state index in [4.69, 9.17) is 0 Å². The van der Waals surface area contributed by atoms with Crippen LogP contribution in [-0.4, -0.2) is 15.5 Å². The van der Waals surface area contributed by atoms with Crippen LogP contribution in [0, 0.1) is 0 Å². The van der Waals surface area contributed by atoms with Crippen LogP contribution in [0.3, 0.4) is 0 Å². The molecule has 9 heteroatoms. The van der Waals surface area contributed by atoms with E-state index in [1.807, 2.05) is 0 Å². The first-order chi connectivity index (χ1) is 12.8. The summed E-state index contributed by atoms with van der Waals surface area (Å²) in [5, 5.41) is 2.85. The molecule has 3 aromatic rings. The first-order valence-electron chi connectivity index (χ1n) is 7.86. The van der Waals surface area contributed by atoms with Gasteiger partial charge < -0.3 is 5.32 Å². The molecule has 5 nitrogen and oxygen atoms in total. The number of amides is 1. The van der Waals surface area contributed by atoms with Crippen molar-refractivity contribution in [1.29, 1.82) is 0 Å². The van der Waals surface area contributed by atoms with E-state index in [9.17, 15) is 22.8 Å². The third-order valence-corrected chi connectivity index (χ3v) is 4.56. The molecule has 1 amide bonds. The van der Waals surface area contributed by atoms with Gasteiger partial charge >= 0.3 is 6.18 Å². The van der Waals surface area contributed by atoms with Crippen LogP contribution in [0.4, 0.5) is 18.9 Å². The maximum Gasteiger partial charge on any atom is 0.417 e. The van der Waals surface area contributed by atoms with Crippen molar-refractivity contribution < 1.29 is 18.0 Å². The summed E-state index contributed by atoms with van der Waals surface area (Å²) >= 11 is 2.84. The summed E-state index contributed by atoms with van der Waals surface area (Å²) in [6.07, 6.45) is -3.28. The number of anilines is 1. The molecule has 0 spiro atoms. The lowest BCUT2D eigenvalue weighted by Gasteiger charge is -2.12. The van der Waals surface area contributed by atoms with Gasteiger partial charge in [-0.2, -0.15) is 13.2 Å². The van der Waals surface area contributed by atoms with Crippen LogP contribution in [0.5, 0.6) is 0 Å². The molecule has 0 atom stereocenters. The van der Waals surface area contributed by atoms with Crippen molar-refractivity contribution in [3.8, 4) is 0 Å². The molecule has 1 N–H and O–H groups in total. The number of fused-ring (bicyclic) bond motifs is 1. The van der Waals surface area contributed by atoms with Crippen LogP contribution in [0.25, 0.3) is 10.9 Å². The second kappa shape index (κ2) is 7.51. The molecule has 27 heavy (non-hydrogen) atoms. The molecule has 0 fully saturated rings. The quantitative estimate of drug-likeness (QED) is 0.662. The summed E-state index contributed by atoms with van der Waals surface area (Å²) < 4.78 is 39.9. The third kappa shape index (κ3) is 4.36. The van der Waals surface area contributed by atoms with Gasteiger partial charge in [0.25, 0.3) is 5.56 Å². The zero-order valence-corrected chi connectivity index (χ0v) is 15.3. The second-order valence-corrected chi connectivity index (χ2v) is 6.61. The van der Waals surface area contributed by atoms with Crippen LogP contribution in [0.1, 0.15) is 12.0 Å². The minimum Gasteiger partial charge on any atom is -0.326 e. The van der Waals surface area contributed by atoms with Gasteiger partial charge in [-0.15, -0.1) is 0 Å². The van der Waals surface area contributed by atoms with Crippen molar-refractivity contribution in [3.05, 3.63) is 69.2 Å². The Bertz CT molecular complexity index is 1060. The number of benzene rings is 2. The Morgan fingerprint density at radius 2 is 1.93 bits per heavy atom. The first kappa shape index (κ1) is 19.1. The first-order valence-corrected chi connectivity index (χ1v) is 8.66. The number of carbonyl (C=O) groups excluding carboxylic acids is 1. The Labute approximate surface area is 160 Å². The zero-order chi connectivity index (χ0) is 19.6. The molecule has 1 heterocycles. The van der Waals surface area contributed by atoms with Crippen LogP contribution in [-0.2, 0) is 17.5 Å². The summed E-state index contributed by atoms with van der Waals surface area (Å²) in [5.41, 5.74) is -0.580. The number of aromatic nitrogens is 2. The highest BCUT2D eigenvalue weighted by molar-refractivity contribution is 9.10. The SMILES string of the molecule is O=C(CCn1cnc2ccccc2c1=O)Nc1ccc(Br)c(C(F)(F)F)c1. The fourth-order valence-corrected chi connectivity index (χ4v) is 3.00. The van der Waals surface area contributed by atoms with Crippen molar-refractivity contribution in [1.82, 2.24) is 9.55 Å². The highest BCUT2D eigenvalue weighted by Crippen LogP contribution is 2.36. The molecule has 3 rings (SSSR count). The van der Waals surface area contributed by atoms with Gasteiger partial charge in [0.05, 0.1) is 22.8 Å². The Hall–Kier alpha value is -2.68. The molecular weight excluding hydrogens is 427 g/mol. The number of para-hydroxylation sites is 1. The number of nitrogens with one attached hydrogen (secondary N) is 1. The van der Waals surface area contributed by atoms with Crippen molar-refractivity contribution in [2.45, 2.75) is 19.1 Å². The van der Waals surface area contributed by atoms with E-state index in [2.05, 4.69) is 26.2 Å². The molecule has 1 aromatic heterocycles. The maximum atomic E-state index is 12.9. The molecule has 0 aliphatic rings. The van der Waals surface area contributed by atoms with Crippen molar-refractivity contribution in [3.63, 3.8) is 0 Å². The van der Waals surface area contributed by atoms with Gasteiger partial charge in [-0.3, -0.25) is 14.2 Å². The molecular formula is C18H13BrF3N3O2. The van der Waals surface area contributed by atoms with E-state index in [0.717, 1.165) is 6.07 Å². The average molecular weight is 440 g/mol. The molecule has 0 aliphatic heterocycles. The standard InChI is InChI=1S/C18H13BrF3N3O2/c19-14-6-5-11(9-13(14)18(20,21)22)24-16(26)7-8-25-10-23-15-4-2-1-3-12(15)17(25)27/h1-6,9-10H,7-8H2,(H,24,26). The second-order valence-electron chi connectivity index (χ2n) is 5.75. The van der Waals surface area contributed by atoms with Gasteiger partial charge in [-0.05, 0) is 30.3 Å². The average Bonchev–Trinajstić information content (AvgIpc) is 2.62. The van der Waals surface area contributed by atoms with E-state index in [1.165, 1.54) is 23.0 Å². The summed E-state index contributed by atoms with van der Waals surface area (Å²) in [4.78, 5) is 28.6. The smallest absolute Gasteiger partial charge is 0.326 e. The number of nitrogens with zero attached hydrogens (tertiary/aromatic N) is 2. The number of aryl methyl sites for hydroxylation is 1. The van der Waals surface area contributed by atoms with E-state index >= 15 is 0 Å². The van der Waals surface area contributed by atoms with Gasteiger partial charge in [0.1, 0.15) is 0 Å². The number of rotatable bonds is 4. The minimum absolute atomic E-state index is 0.0273. The van der Waals surface area contributed by atoms with E-state index in [0.29, 0.717) is 10.9 Å². The highest BCUT2D eigenvalue weighted by Gasteiger charge is 2.33. The summed E-state index contributed by atoms with van der Waals surface area (Å²) in [7, 11) is 0. The lowest BCUT2D eigenvalue weighted by Crippen LogP contribution is -2.23. The lowest BCUT2D eigenvalue weighted by molar-refractivity contribution is -0.138. The number of halogens is 4. The van der Waals surface area contributed by atoms with E-state index in [-0.39, 0.29) is 28.7 Å². The number of hydrogen-bond donors (Lipinski definition) is 1. The largest absolute Gasteiger partial charge is 0.417 e. The predicted octanol–water partition coefficient (Wildman–Crippen LogP) is 4.21. The Morgan fingerprint density at radius 3 is 2.67 bits per heavy atom. The number of alkyl halides is 3. The number of carbonyl (C=O) groups is 1. The highest BCUT2D eigenvalue weighted by atomic mass is 79.9. The molecule has 0 saturated heterocycles. The van der Waals surface area contributed by atoms with Crippen LogP contribution < -0.4 is 10.9 Å². The molecule has 0 saturated carbocycles. The van der Waals surface area contributed by atoms with Crippen molar-refractivity contribution in [2.24, 2.45) is 0 Å².